The Morgan fingerprint density at radius 1 is 1.37 bits per heavy atom. The highest BCUT2D eigenvalue weighted by atomic mass is 32.2. The van der Waals surface area contributed by atoms with E-state index < -0.39 is 0 Å². The number of benzene rings is 1. The molecule has 3 nitrogen and oxygen atoms in total. The van der Waals surface area contributed by atoms with Crippen molar-refractivity contribution in [3.63, 3.8) is 0 Å². The second kappa shape index (κ2) is 5.43. The maximum Gasteiger partial charge on any atom is 0.263 e. The second-order valence-electron chi connectivity index (χ2n) is 4.73. The van der Waals surface area contributed by atoms with Gasteiger partial charge in [-0.25, -0.2) is 0 Å². The van der Waals surface area contributed by atoms with E-state index in [1.165, 1.54) is 23.5 Å². The van der Waals surface area contributed by atoms with Crippen molar-refractivity contribution in [2.75, 3.05) is 17.2 Å². The number of carbonyl (C=O) groups excluding carboxylic acids is 1. The molecule has 1 saturated heterocycles. The molecule has 1 aromatic heterocycles. The Labute approximate surface area is 120 Å². The van der Waals surface area contributed by atoms with E-state index in [9.17, 15) is 4.79 Å². The van der Waals surface area contributed by atoms with Gasteiger partial charge < -0.3 is 11.1 Å². The summed E-state index contributed by atoms with van der Waals surface area (Å²) in [6, 6.07) is 8.18. The average molecular weight is 292 g/mol. The molecule has 1 aromatic carbocycles. The van der Waals surface area contributed by atoms with Crippen LogP contribution >= 0.6 is 23.1 Å². The predicted octanol–water partition coefficient (Wildman–Crippen LogP) is 3.11. The Morgan fingerprint density at radius 2 is 2.21 bits per heavy atom. The molecular weight excluding hydrogens is 276 g/mol. The van der Waals surface area contributed by atoms with Gasteiger partial charge in [-0.2, -0.15) is 11.8 Å². The predicted molar refractivity (Wildman–Crippen MR) is 84.1 cm³/mol. The van der Waals surface area contributed by atoms with Crippen LogP contribution in [0.2, 0.25) is 0 Å². The van der Waals surface area contributed by atoms with Crippen LogP contribution in [0.5, 0.6) is 0 Å². The van der Waals surface area contributed by atoms with E-state index in [0.29, 0.717) is 10.6 Å². The summed E-state index contributed by atoms with van der Waals surface area (Å²) in [6.45, 7) is 0. The zero-order valence-corrected chi connectivity index (χ0v) is 12.2. The number of thioether (sulfide) groups is 1. The summed E-state index contributed by atoms with van der Waals surface area (Å²) in [4.78, 5) is 13.0. The van der Waals surface area contributed by atoms with Gasteiger partial charge in [0.25, 0.3) is 5.91 Å². The Balaban J connectivity index is 1.83. The lowest BCUT2D eigenvalue weighted by atomic mass is 10.1. The van der Waals surface area contributed by atoms with E-state index in [0.717, 1.165) is 22.3 Å². The minimum atomic E-state index is -0.0220. The van der Waals surface area contributed by atoms with Crippen molar-refractivity contribution < 1.29 is 4.79 Å². The lowest BCUT2D eigenvalue weighted by molar-refractivity contribution is 0.0943. The smallest absolute Gasteiger partial charge is 0.263 e. The van der Waals surface area contributed by atoms with Crippen LogP contribution in [-0.2, 0) is 0 Å². The van der Waals surface area contributed by atoms with Crippen LogP contribution < -0.4 is 11.1 Å². The number of thiophene rings is 1. The number of fused-ring (bicyclic) bond motifs is 1. The molecule has 3 N–H and O–H groups in total. The maximum absolute atomic E-state index is 12.3. The van der Waals surface area contributed by atoms with Crippen molar-refractivity contribution in [3.05, 3.63) is 29.1 Å². The zero-order valence-electron chi connectivity index (χ0n) is 10.5. The fraction of sp³-hybridized carbons (Fsp3) is 0.357. The van der Waals surface area contributed by atoms with Crippen molar-refractivity contribution in [2.24, 2.45) is 0 Å². The van der Waals surface area contributed by atoms with Crippen molar-refractivity contribution >= 4 is 44.8 Å². The normalized spacial score (nSPS) is 19.5. The second-order valence-corrected chi connectivity index (χ2v) is 6.93. The Morgan fingerprint density at radius 3 is 2.95 bits per heavy atom. The third-order valence-electron chi connectivity index (χ3n) is 3.34. The molecule has 1 unspecified atom stereocenters. The van der Waals surface area contributed by atoms with Crippen LogP contribution in [-0.4, -0.2) is 23.5 Å². The van der Waals surface area contributed by atoms with E-state index >= 15 is 0 Å². The summed E-state index contributed by atoms with van der Waals surface area (Å²) in [6.07, 6.45) is 2.25. The molecule has 0 saturated carbocycles. The summed E-state index contributed by atoms with van der Waals surface area (Å²) in [5, 5.41) is 4.09. The van der Waals surface area contributed by atoms with E-state index in [-0.39, 0.29) is 11.9 Å². The molecule has 1 amide bonds. The molecule has 1 aliphatic heterocycles. The first-order valence-electron chi connectivity index (χ1n) is 6.41. The number of hydrogen-bond acceptors (Lipinski definition) is 4. The molecular formula is C14H16N2OS2. The topological polar surface area (TPSA) is 55.1 Å². The number of nitrogens with two attached hydrogens (primary N) is 1. The number of carbonyl (C=O) groups is 1. The van der Waals surface area contributed by atoms with Gasteiger partial charge in [-0.15, -0.1) is 11.3 Å². The summed E-state index contributed by atoms with van der Waals surface area (Å²) in [5.74, 6) is 2.19. The average Bonchev–Trinajstić information content (AvgIpc) is 2.78. The number of nitrogen functional groups attached to an aromatic ring is 1. The third-order valence-corrected chi connectivity index (χ3v) is 5.74. The highest BCUT2D eigenvalue weighted by molar-refractivity contribution is 7.99. The van der Waals surface area contributed by atoms with Crippen LogP contribution in [0.4, 0.5) is 5.69 Å². The zero-order chi connectivity index (χ0) is 13.2. The van der Waals surface area contributed by atoms with E-state index in [1.54, 1.807) is 0 Å². The quantitative estimate of drug-likeness (QED) is 0.894. The molecule has 3 rings (SSSR count). The first-order valence-corrected chi connectivity index (χ1v) is 8.38. The van der Waals surface area contributed by atoms with E-state index in [4.69, 9.17) is 5.73 Å². The van der Waals surface area contributed by atoms with Gasteiger partial charge >= 0.3 is 0 Å². The molecule has 2 aromatic rings. The number of amides is 1. The molecule has 5 heteroatoms. The highest BCUT2D eigenvalue weighted by Gasteiger charge is 2.20. The van der Waals surface area contributed by atoms with Crippen LogP contribution in [0, 0.1) is 0 Å². The minimum absolute atomic E-state index is 0.0220. The summed E-state index contributed by atoms with van der Waals surface area (Å²) >= 11 is 3.38. The molecule has 100 valence electrons. The van der Waals surface area contributed by atoms with Gasteiger partial charge in [0.2, 0.25) is 0 Å². The first-order chi connectivity index (χ1) is 9.25. The molecule has 0 radical (unpaired) electrons. The third kappa shape index (κ3) is 2.58. The lowest BCUT2D eigenvalue weighted by Crippen LogP contribution is -2.38. The fourth-order valence-corrected chi connectivity index (χ4v) is 4.44. The molecule has 0 aliphatic carbocycles. The standard InChI is InChI=1S/C14H16N2OS2/c15-12-10-5-1-2-6-11(10)19-13(12)14(17)16-9-4-3-7-18-8-9/h1-2,5-6,9H,3-4,7-8,15H2,(H,16,17). The number of anilines is 1. The maximum atomic E-state index is 12.3. The highest BCUT2D eigenvalue weighted by Crippen LogP contribution is 2.33. The molecule has 2 heterocycles. The van der Waals surface area contributed by atoms with Gasteiger partial charge in [0, 0.05) is 21.9 Å². The summed E-state index contributed by atoms with van der Waals surface area (Å²) in [5.41, 5.74) is 6.70. The molecule has 0 spiro atoms. The van der Waals surface area contributed by atoms with Crippen molar-refractivity contribution in [3.8, 4) is 0 Å². The van der Waals surface area contributed by atoms with E-state index in [2.05, 4.69) is 5.32 Å². The molecule has 1 atom stereocenters. The lowest BCUT2D eigenvalue weighted by Gasteiger charge is -2.22. The van der Waals surface area contributed by atoms with Crippen LogP contribution in [0.1, 0.15) is 22.5 Å². The Hall–Kier alpha value is -1.20. The van der Waals surface area contributed by atoms with Gasteiger partial charge in [0.05, 0.1) is 5.69 Å². The van der Waals surface area contributed by atoms with Crippen LogP contribution in [0.25, 0.3) is 10.1 Å². The summed E-state index contributed by atoms with van der Waals surface area (Å²) < 4.78 is 1.07. The molecule has 0 bridgehead atoms. The van der Waals surface area contributed by atoms with Gasteiger partial charge in [-0.3, -0.25) is 4.79 Å². The number of hydrogen-bond donors (Lipinski definition) is 2. The largest absolute Gasteiger partial charge is 0.397 e. The number of nitrogens with one attached hydrogen (secondary N) is 1. The van der Waals surface area contributed by atoms with E-state index in [1.807, 2.05) is 36.0 Å². The van der Waals surface area contributed by atoms with Crippen molar-refractivity contribution in [1.29, 1.82) is 0 Å². The SMILES string of the molecule is Nc1c(C(=O)NC2CCCSC2)sc2ccccc12. The minimum Gasteiger partial charge on any atom is -0.397 e. The van der Waals surface area contributed by atoms with Gasteiger partial charge in [-0.05, 0) is 24.7 Å². The molecule has 1 fully saturated rings. The molecule has 19 heavy (non-hydrogen) atoms. The first kappa shape index (κ1) is 12.8. The van der Waals surface area contributed by atoms with Crippen molar-refractivity contribution in [2.45, 2.75) is 18.9 Å². The molecule has 1 aliphatic rings. The summed E-state index contributed by atoms with van der Waals surface area (Å²) in [7, 11) is 0. The van der Waals surface area contributed by atoms with Gasteiger partial charge in [0.1, 0.15) is 4.88 Å². The Bertz CT molecular complexity index is 603. The van der Waals surface area contributed by atoms with Crippen LogP contribution in [0.3, 0.4) is 0 Å². The fourth-order valence-electron chi connectivity index (χ4n) is 2.34. The van der Waals surface area contributed by atoms with Gasteiger partial charge in [0.15, 0.2) is 0 Å². The number of rotatable bonds is 2. The monoisotopic (exact) mass is 292 g/mol. The Kier molecular flexibility index (Phi) is 3.66. The van der Waals surface area contributed by atoms with Gasteiger partial charge in [-0.1, -0.05) is 18.2 Å². The van der Waals surface area contributed by atoms with Crippen LogP contribution in [0.15, 0.2) is 24.3 Å². The van der Waals surface area contributed by atoms with Crippen molar-refractivity contribution in [1.82, 2.24) is 5.32 Å².